The number of methoxy groups -OCH3 is 1. The van der Waals surface area contributed by atoms with E-state index in [-0.39, 0.29) is 0 Å². The molecule has 86 valence electrons. The highest BCUT2D eigenvalue weighted by Gasteiger charge is 2.30. The molecule has 4 nitrogen and oxygen atoms in total. The van der Waals surface area contributed by atoms with Gasteiger partial charge in [0, 0.05) is 13.2 Å². The third-order valence-electron chi connectivity index (χ3n) is 2.21. The van der Waals surface area contributed by atoms with E-state index in [0.29, 0.717) is 17.2 Å². The largest absolute Gasteiger partial charge is 0.479 e. The van der Waals surface area contributed by atoms with Gasteiger partial charge in [-0.25, -0.2) is 9.97 Å². The first-order valence-corrected chi connectivity index (χ1v) is 5.51. The van der Waals surface area contributed by atoms with Crippen LogP contribution < -0.4 is 4.74 Å². The smallest absolute Gasteiger partial charge is 0.248 e. The molecule has 2 aromatic rings. The van der Waals surface area contributed by atoms with Gasteiger partial charge in [-0.3, -0.25) is 0 Å². The van der Waals surface area contributed by atoms with E-state index in [1.165, 1.54) is 7.11 Å². The number of hydrogen-bond acceptors (Lipinski definition) is 3. The highest BCUT2D eigenvalue weighted by atomic mass is 35.6. The zero-order chi connectivity index (χ0) is 11.9. The molecule has 16 heavy (non-hydrogen) atoms. The number of alkyl halides is 3. The van der Waals surface area contributed by atoms with E-state index in [9.17, 15) is 0 Å². The van der Waals surface area contributed by atoms with Gasteiger partial charge < -0.3 is 9.30 Å². The third kappa shape index (κ3) is 1.81. The second-order valence-electron chi connectivity index (χ2n) is 3.18. The molecule has 0 bridgehead atoms. The number of aromatic nitrogens is 3. The van der Waals surface area contributed by atoms with Gasteiger partial charge in [-0.2, -0.15) is 0 Å². The molecule has 0 aromatic carbocycles. The second-order valence-corrected chi connectivity index (χ2v) is 5.46. The van der Waals surface area contributed by atoms with Crippen LogP contribution in [0.4, 0.5) is 0 Å². The molecule has 7 heteroatoms. The van der Waals surface area contributed by atoms with Crippen molar-refractivity contribution in [2.75, 3.05) is 7.11 Å². The van der Waals surface area contributed by atoms with E-state index in [2.05, 4.69) is 9.97 Å². The molecule has 0 radical (unpaired) electrons. The average Bonchev–Trinajstić information content (AvgIpc) is 2.56. The van der Waals surface area contributed by atoms with E-state index in [4.69, 9.17) is 39.5 Å². The van der Waals surface area contributed by atoms with E-state index in [0.717, 1.165) is 5.52 Å². The van der Waals surface area contributed by atoms with Crippen LogP contribution in [0, 0.1) is 0 Å². The lowest BCUT2D eigenvalue weighted by Gasteiger charge is -2.09. The summed E-state index contributed by atoms with van der Waals surface area (Å²) in [6.07, 6.45) is 1.62. The molecule has 2 heterocycles. The molecule has 0 saturated carbocycles. The summed E-state index contributed by atoms with van der Waals surface area (Å²) in [6, 6.07) is 1.78. The van der Waals surface area contributed by atoms with Gasteiger partial charge in [0.25, 0.3) is 0 Å². The summed E-state index contributed by atoms with van der Waals surface area (Å²) in [6.45, 7) is 0. The van der Waals surface area contributed by atoms with E-state index >= 15 is 0 Å². The van der Waals surface area contributed by atoms with Crippen molar-refractivity contribution in [1.82, 2.24) is 14.5 Å². The van der Waals surface area contributed by atoms with Gasteiger partial charge in [0.05, 0.1) is 12.6 Å². The van der Waals surface area contributed by atoms with Crippen LogP contribution in [0.15, 0.2) is 12.3 Å². The number of pyridine rings is 1. The predicted molar refractivity (Wildman–Crippen MR) is 64.3 cm³/mol. The summed E-state index contributed by atoms with van der Waals surface area (Å²) in [5.74, 6) is 0.743. The number of rotatable bonds is 1. The number of halogens is 3. The standard InChI is InChI=1S/C9H8Cl3N3O/c1-15-5-3-4-13-7(16-2)6(5)14-8(15)9(10,11)12/h3-4H,1-2H3. The SMILES string of the molecule is COc1nccc2c1nc(C(Cl)(Cl)Cl)n2C. The van der Waals surface area contributed by atoms with Crippen LogP contribution in [0.25, 0.3) is 11.0 Å². The lowest BCUT2D eigenvalue weighted by atomic mass is 10.4. The molecular formula is C9H8Cl3N3O. The molecule has 0 unspecified atom stereocenters. The molecule has 2 rings (SSSR count). The molecule has 0 aliphatic rings. The van der Waals surface area contributed by atoms with Gasteiger partial charge in [-0.1, -0.05) is 34.8 Å². The van der Waals surface area contributed by atoms with Crippen molar-refractivity contribution in [3.05, 3.63) is 18.1 Å². The number of nitrogens with zero attached hydrogens (tertiary/aromatic N) is 3. The van der Waals surface area contributed by atoms with Crippen LogP contribution in [0.1, 0.15) is 5.82 Å². The minimum Gasteiger partial charge on any atom is -0.479 e. The Bertz CT molecular complexity index is 533. The maximum atomic E-state index is 5.82. The Morgan fingerprint density at radius 1 is 1.38 bits per heavy atom. The number of fused-ring (bicyclic) bond motifs is 1. The number of aryl methyl sites for hydroxylation is 1. The molecule has 0 aliphatic heterocycles. The third-order valence-corrected chi connectivity index (χ3v) is 2.72. The van der Waals surface area contributed by atoms with E-state index in [1.807, 2.05) is 0 Å². The minimum atomic E-state index is -1.57. The fraction of sp³-hybridized carbons (Fsp3) is 0.333. The van der Waals surface area contributed by atoms with Crippen molar-refractivity contribution in [2.45, 2.75) is 3.79 Å². The first kappa shape index (κ1) is 11.8. The van der Waals surface area contributed by atoms with Crippen molar-refractivity contribution >= 4 is 45.8 Å². The highest BCUT2D eigenvalue weighted by Crippen LogP contribution is 2.39. The van der Waals surface area contributed by atoms with Gasteiger partial charge in [0.1, 0.15) is 0 Å². The van der Waals surface area contributed by atoms with Crippen molar-refractivity contribution in [3.8, 4) is 5.88 Å². The van der Waals surface area contributed by atoms with Crippen LogP contribution in [0.2, 0.25) is 0 Å². The van der Waals surface area contributed by atoms with Crippen molar-refractivity contribution in [3.63, 3.8) is 0 Å². The fourth-order valence-corrected chi connectivity index (χ4v) is 2.01. The molecule has 0 saturated heterocycles. The normalized spacial score (nSPS) is 12.1. The van der Waals surface area contributed by atoms with Gasteiger partial charge in [0.15, 0.2) is 11.3 Å². The highest BCUT2D eigenvalue weighted by molar-refractivity contribution is 6.66. The minimum absolute atomic E-state index is 0.332. The summed E-state index contributed by atoms with van der Waals surface area (Å²) in [5, 5.41) is 0. The van der Waals surface area contributed by atoms with Crippen LogP contribution >= 0.6 is 34.8 Å². The maximum Gasteiger partial charge on any atom is 0.248 e. The lowest BCUT2D eigenvalue weighted by molar-refractivity contribution is 0.402. The van der Waals surface area contributed by atoms with E-state index < -0.39 is 3.79 Å². The molecule has 0 N–H and O–H groups in total. The Morgan fingerprint density at radius 3 is 2.62 bits per heavy atom. The van der Waals surface area contributed by atoms with E-state index in [1.54, 1.807) is 23.9 Å². The maximum absolute atomic E-state index is 5.82. The summed E-state index contributed by atoms with van der Waals surface area (Å²) in [7, 11) is 3.29. The van der Waals surface area contributed by atoms with Crippen molar-refractivity contribution in [2.24, 2.45) is 7.05 Å². The summed E-state index contributed by atoms with van der Waals surface area (Å²) >= 11 is 17.5. The quantitative estimate of drug-likeness (QED) is 0.754. The van der Waals surface area contributed by atoms with Crippen molar-refractivity contribution in [1.29, 1.82) is 0 Å². The number of hydrogen-bond donors (Lipinski definition) is 0. The Balaban J connectivity index is 2.77. The van der Waals surface area contributed by atoms with Crippen molar-refractivity contribution < 1.29 is 4.74 Å². The zero-order valence-corrected chi connectivity index (χ0v) is 10.8. The lowest BCUT2D eigenvalue weighted by Crippen LogP contribution is -2.08. The topological polar surface area (TPSA) is 39.9 Å². The molecule has 0 amide bonds. The zero-order valence-electron chi connectivity index (χ0n) is 8.54. The van der Waals surface area contributed by atoms with Gasteiger partial charge in [-0.05, 0) is 6.07 Å². The molecule has 0 aliphatic carbocycles. The molecule has 2 aromatic heterocycles. The Kier molecular flexibility index (Phi) is 2.90. The molecule has 0 fully saturated rings. The average molecular weight is 281 g/mol. The molecular weight excluding hydrogens is 272 g/mol. The Morgan fingerprint density at radius 2 is 2.06 bits per heavy atom. The Hall–Kier alpha value is -0.710. The summed E-state index contributed by atoms with van der Waals surface area (Å²) < 4.78 is 5.22. The van der Waals surface area contributed by atoms with Gasteiger partial charge >= 0.3 is 0 Å². The molecule has 0 atom stereocenters. The van der Waals surface area contributed by atoms with Gasteiger partial charge in [-0.15, -0.1) is 0 Å². The second kappa shape index (κ2) is 3.95. The Labute approximate surface area is 107 Å². The first-order chi connectivity index (χ1) is 7.45. The van der Waals surface area contributed by atoms with Gasteiger partial charge in [0.2, 0.25) is 9.67 Å². The predicted octanol–water partition coefficient (Wildman–Crippen LogP) is 2.80. The van der Waals surface area contributed by atoms with Crippen LogP contribution in [0.5, 0.6) is 5.88 Å². The van der Waals surface area contributed by atoms with Crippen LogP contribution in [0.3, 0.4) is 0 Å². The summed E-state index contributed by atoms with van der Waals surface area (Å²) in [4.78, 5) is 8.27. The molecule has 0 spiro atoms. The fourth-order valence-electron chi connectivity index (χ4n) is 1.50. The summed E-state index contributed by atoms with van der Waals surface area (Å²) in [5.41, 5.74) is 1.38. The first-order valence-electron chi connectivity index (χ1n) is 4.37. The number of ether oxygens (including phenoxy) is 1. The number of imidazole rings is 1. The van der Waals surface area contributed by atoms with Crippen LogP contribution in [-0.4, -0.2) is 21.6 Å². The van der Waals surface area contributed by atoms with Crippen LogP contribution in [-0.2, 0) is 10.8 Å². The monoisotopic (exact) mass is 279 g/mol.